The maximum atomic E-state index is 14.1. The molecule has 4 nitrogen and oxygen atoms in total. The topological polar surface area (TPSA) is 63.2 Å². The fraction of sp³-hybridized carbons (Fsp3) is 0.350. The summed E-state index contributed by atoms with van der Waals surface area (Å²) in [5, 5.41) is 2.51. The van der Waals surface area contributed by atoms with Gasteiger partial charge in [-0.2, -0.15) is 0 Å². The first-order chi connectivity index (χ1) is 12.7. The zero-order valence-corrected chi connectivity index (χ0v) is 17.6. The lowest BCUT2D eigenvalue weighted by Gasteiger charge is -2.28. The molecular formula is C20H21BrFNO3S. The lowest BCUT2D eigenvalue weighted by atomic mass is 10.1. The van der Waals surface area contributed by atoms with Gasteiger partial charge in [0.1, 0.15) is 5.82 Å². The summed E-state index contributed by atoms with van der Waals surface area (Å²) < 4.78 is 40.0. The summed E-state index contributed by atoms with van der Waals surface area (Å²) >= 11 is 3.17. The van der Waals surface area contributed by atoms with Crippen LogP contribution in [0.4, 0.5) is 10.1 Å². The molecule has 3 rings (SSSR count). The van der Waals surface area contributed by atoms with Crippen molar-refractivity contribution in [3.8, 4) is 0 Å². The summed E-state index contributed by atoms with van der Waals surface area (Å²) in [7, 11) is -3.92. The quantitative estimate of drug-likeness (QED) is 0.713. The van der Waals surface area contributed by atoms with Crippen LogP contribution >= 0.6 is 15.9 Å². The number of benzene rings is 2. The van der Waals surface area contributed by atoms with Crippen LogP contribution in [0, 0.1) is 19.7 Å². The van der Waals surface area contributed by atoms with Crippen LogP contribution < -0.4 is 5.32 Å². The van der Waals surface area contributed by atoms with E-state index in [9.17, 15) is 17.6 Å². The maximum absolute atomic E-state index is 14.1. The van der Waals surface area contributed by atoms with E-state index in [1.165, 1.54) is 12.1 Å². The van der Waals surface area contributed by atoms with Crippen molar-refractivity contribution in [2.24, 2.45) is 0 Å². The first kappa shape index (κ1) is 20.0. The monoisotopic (exact) mass is 453 g/mol. The van der Waals surface area contributed by atoms with Gasteiger partial charge in [-0.15, -0.1) is 0 Å². The number of anilines is 1. The number of halogens is 2. The van der Waals surface area contributed by atoms with E-state index in [1.54, 1.807) is 24.3 Å². The predicted molar refractivity (Wildman–Crippen MR) is 107 cm³/mol. The molecule has 1 fully saturated rings. The molecule has 1 N–H and O–H groups in total. The molecule has 2 aromatic rings. The summed E-state index contributed by atoms with van der Waals surface area (Å²) in [6, 6.07) is 9.15. The summed E-state index contributed by atoms with van der Waals surface area (Å²) in [5.41, 5.74) is 1.81. The Kier molecular flexibility index (Phi) is 5.45. The Morgan fingerprint density at radius 3 is 2.33 bits per heavy atom. The molecule has 0 aromatic heterocycles. The van der Waals surface area contributed by atoms with Crippen LogP contribution in [0.5, 0.6) is 0 Å². The molecule has 2 aromatic carbocycles. The summed E-state index contributed by atoms with van der Waals surface area (Å²) in [5.74, 6) is -1.28. The molecule has 1 amide bonds. The van der Waals surface area contributed by atoms with Gasteiger partial charge >= 0.3 is 0 Å². The van der Waals surface area contributed by atoms with Crippen LogP contribution in [0.15, 0.2) is 45.8 Å². The van der Waals surface area contributed by atoms with Gasteiger partial charge in [0.25, 0.3) is 0 Å². The Hall–Kier alpha value is -1.73. The third-order valence-electron chi connectivity index (χ3n) is 5.31. The molecule has 7 heteroatoms. The number of carbonyl (C=O) groups is 1. The highest BCUT2D eigenvalue weighted by molar-refractivity contribution is 9.10. The Morgan fingerprint density at radius 2 is 1.74 bits per heavy atom. The lowest BCUT2D eigenvalue weighted by Crippen LogP contribution is -2.47. The highest BCUT2D eigenvalue weighted by Gasteiger charge is 2.53. The normalized spacial score (nSPS) is 16.3. The molecule has 0 radical (unpaired) electrons. The summed E-state index contributed by atoms with van der Waals surface area (Å²) in [6.07, 6.45) is 1.74. The lowest BCUT2D eigenvalue weighted by molar-refractivity contribution is -0.118. The van der Waals surface area contributed by atoms with Crippen LogP contribution in [-0.2, 0) is 14.6 Å². The second kappa shape index (κ2) is 7.36. The number of sulfone groups is 1. The minimum Gasteiger partial charge on any atom is -0.322 e. The molecule has 0 spiro atoms. The van der Waals surface area contributed by atoms with Gasteiger partial charge in [0.05, 0.1) is 10.6 Å². The summed E-state index contributed by atoms with van der Waals surface area (Å²) in [4.78, 5) is 13.2. The minimum absolute atomic E-state index is 0.0234. The zero-order valence-electron chi connectivity index (χ0n) is 15.2. The van der Waals surface area contributed by atoms with Crippen molar-refractivity contribution >= 4 is 37.4 Å². The number of nitrogens with one attached hydrogen (secondary N) is 1. The van der Waals surface area contributed by atoms with Crippen molar-refractivity contribution in [2.45, 2.75) is 49.2 Å². The molecule has 1 saturated carbocycles. The SMILES string of the molecule is Cc1ccc(S(=O)(=O)C2(C(=O)Nc3ccc(Br)cc3F)CCCC2)cc1C. The fourth-order valence-corrected chi connectivity index (χ4v) is 5.98. The first-order valence-corrected chi connectivity index (χ1v) is 11.0. The Labute approximate surface area is 167 Å². The minimum atomic E-state index is -3.92. The average molecular weight is 454 g/mol. The largest absolute Gasteiger partial charge is 0.322 e. The van der Waals surface area contributed by atoms with Gasteiger partial charge in [-0.1, -0.05) is 34.8 Å². The standard InChI is InChI=1S/C20H21BrFNO3S/c1-13-5-7-16(11-14(13)2)27(25,26)20(9-3-4-10-20)19(24)23-18-8-6-15(21)12-17(18)22/h5-8,11-12H,3-4,9-10H2,1-2H3,(H,23,24). The Bertz CT molecular complexity index is 998. The third kappa shape index (κ3) is 3.55. The van der Waals surface area contributed by atoms with E-state index in [0.29, 0.717) is 17.3 Å². The summed E-state index contributed by atoms with van der Waals surface area (Å²) in [6.45, 7) is 3.74. The van der Waals surface area contributed by atoms with E-state index in [1.807, 2.05) is 13.8 Å². The number of hydrogen-bond donors (Lipinski definition) is 1. The van der Waals surface area contributed by atoms with Crippen LogP contribution in [0.25, 0.3) is 0 Å². The van der Waals surface area contributed by atoms with E-state index in [4.69, 9.17) is 0 Å². The van der Waals surface area contributed by atoms with Gasteiger partial charge < -0.3 is 5.32 Å². The third-order valence-corrected chi connectivity index (χ3v) is 8.30. The van der Waals surface area contributed by atoms with Gasteiger partial charge in [-0.25, -0.2) is 12.8 Å². The highest BCUT2D eigenvalue weighted by Crippen LogP contribution is 2.42. The number of carbonyl (C=O) groups excluding carboxylic acids is 1. The number of aryl methyl sites for hydroxylation is 2. The predicted octanol–water partition coefficient (Wildman–Crippen LogP) is 4.93. The van der Waals surface area contributed by atoms with Crippen molar-refractivity contribution in [1.29, 1.82) is 0 Å². The van der Waals surface area contributed by atoms with Crippen LogP contribution in [0.3, 0.4) is 0 Å². The molecule has 1 aliphatic carbocycles. The van der Waals surface area contributed by atoms with Crippen LogP contribution in [0.1, 0.15) is 36.8 Å². The smallest absolute Gasteiger partial charge is 0.246 e. The second-order valence-corrected chi connectivity index (χ2v) is 10.2. The average Bonchev–Trinajstić information content (AvgIpc) is 3.11. The molecule has 1 aliphatic rings. The zero-order chi connectivity index (χ0) is 19.8. The molecule has 27 heavy (non-hydrogen) atoms. The van der Waals surface area contributed by atoms with Crippen molar-refractivity contribution < 1.29 is 17.6 Å². The molecule has 0 unspecified atom stereocenters. The van der Waals surface area contributed by atoms with Gasteiger partial charge in [0, 0.05) is 4.47 Å². The van der Waals surface area contributed by atoms with Crippen molar-refractivity contribution in [3.63, 3.8) is 0 Å². The number of rotatable bonds is 4. The number of amides is 1. The highest BCUT2D eigenvalue weighted by atomic mass is 79.9. The first-order valence-electron chi connectivity index (χ1n) is 8.76. The Balaban J connectivity index is 2.02. The van der Waals surface area contributed by atoms with Crippen LogP contribution in [-0.4, -0.2) is 19.1 Å². The van der Waals surface area contributed by atoms with Crippen molar-refractivity contribution in [2.75, 3.05) is 5.32 Å². The van der Waals surface area contributed by atoms with Gasteiger partial charge in [-0.05, 0) is 68.1 Å². The van der Waals surface area contributed by atoms with Gasteiger partial charge in [0.2, 0.25) is 5.91 Å². The van der Waals surface area contributed by atoms with Crippen LogP contribution in [0.2, 0.25) is 0 Å². The van der Waals surface area contributed by atoms with Gasteiger partial charge in [-0.3, -0.25) is 4.79 Å². The molecule has 0 aliphatic heterocycles. The Morgan fingerprint density at radius 1 is 1.07 bits per heavy atom. The molecular weight excluding hydrogens is 433 g/mol. The molecule has 0 bridgehead atoms. The molecule has 0 heterocycles. The fourth-order valence-electron chi connectivity index (χ4n) is 3.50. The van der Waals surface area contributed by atoms with E-state index in [2.05, 4.69) is 21.2 Å². The van der Waals surface area contributed by atoms with E-state index in [0.717, 1.165) is 11.1 Å². The van der Waals surface area contributed by atoms with E-state index < -0.39 is 26.3 Å². The van der Waals surface area contributed by atoms with Crippen molar-refractivity contribution in [3.05, 3.63) is 57.8 Å². The molecule has 0 atom stereocenters. The van der Waals surface area contributed by atoms with E-state index >= 15 is 0 Å². The number of hydrogen-bond acceptors (Lipinski definition) is 3. The maximum Gasteiger partial charge on any atom is 0.246 e. The van der Waals surface area contributed by atoms with Crippen molar-refractivity contribution in [1.82, 2.24) is 0 Å². The van der Waals surface area contributed by atoms with Gasteiger partial charge in [0.15, 0.2) is 14.6 Å². The van der Waals surface area contributed by atoms with E-state index in [-0.39, 0.29) is 23.4 Å². The second-order valence-electron chi connectivity index (χ2n) is 7.03. The molecule has 144 valence electrons. The molecule has 0 saturated heterocycles.